The summed E-state index contributed by atoms with van der Waals surface area (Å²) in [5, 5.41) is 0. The summed E-state index contributed by atoms with van der Waals surface area (Å²) in [5.41, 5.74) is 1.69. The number of rotatable bonds is 12. The zero-order valence-corrected chi connectivity index (χ0v) is 27.3. The van der Waals surface area contributed by atoms with Crippen molar-refractivity contribution in [1.82, 2.24) is 0 Å². The van der Waals surface area contributed by atoms with Crippen molar-refractivity contribution in [1.29, 1.82) is 0 Å². The topological polar surface area (TPSA) is 124 Å². The molecular formula is C41H34O10. The van der Waals surface area contributed by atoms with Gasteiger partial charge in [0.25, 0.3) is 0 Å². The van der Waals surface area contributed by atoms with Crippen LogP contribution in [0.5, 0.6) is 0 Å². The predicted octanol–water partition coefficient (Wildman–Crippen LogP) is 6.46. The standard InChI is InChI=1S/C41H34O10/c42-37(29-18-8-2-9-19-29)47-27-33-34(49-38(43)30-20-10-3-11-21-30)35(46-26-28-16-6-1-7-17-28)36(50-39(44)31-22-12-4-13-23-31)41(48-33)51-40(45)32-24-14-5-15-25-32/h1-25,33-36,41H,26-27H2/t33-,34+,35-,36+,41+/m0/s1. The number of hydrogen-bond donors (Lipinski definition) is 0. The van der Waals surface area contributed by atoms with Crippen LogP contribution in [0, 0.1) is 0 Å². The fraction of sp³-hybridized carbons (Fsp3) is 0.171. The Morgan fingerprint density at radius 2 is 0.843 bits per heavy atom. The Hall–Kier alpha value is -6.10. The molecule has 0 unspecified atom stereocenters. The minimum absolute atomic E-state index is 0.0137. The minimum Gasteiger partial charge on any atom is -0.459 e. The van der Waals surface area contributed by atoms with Gasteiger partial charge in [-0.25, -0.2) is 19.2 Å². The number of carbonyl (C=O) groups is 4. The Kier molecular flexibility index (Phi) is 11.6. The first-order valence-corrected chi connectivity index (χ1v) is 16.3. The molecule has 1 heterocycles. The molecule has 5 atom stereocenters. The van der Waals surface area contributed by atoms with Gasteiger partial charge in [-0.1, -0.05) is 103 Å². The molecule has 258 valence electrons. The van der Waals surface area contributed by atoms with E-state index in [1.807, 2.05) is 30.3 Å². The van der Waals surface area contributed by atoms with Crippen LogP contribution in [0.25, 0.3) is 0 Å². The summed E-state index contributed by atoms with van der Waals surface area (Å²) < 4.78 is 36.4. The van der Waals surface area contributed by atoms with Gasteiger partial charge in [-0.3, -0.25) is 0 Å². The monoisotopic (exact) mass is 686 g/mol. The zero-order chi connectivity index (χ0) is 35.4. The van der Waals surface area contributed by atoms with Crippen LogP contribution in [0.4, 0.5) is 0 Å². The van der Waals surface area contributed by atoms with E-state index in [0.717, 1.165) is 5.56 Å². The maximum atomic E-state index is 13.6. The second kappa shape index (κ2) is 17.0. The molecule has 0 aliphatic carbocycles. The summed E-state index contributed by atoms with van der Waals surface area (Å²) in [6.07, 6.45) is -6.90. The third-order valence-corrected chi connectivity index (χ3v) is 8.00. The van der Waals surface area contributed by atoms with E-state index in [4.69, 9.17) is 28.4 Å². The molecule has 5 aromatic rings. The summed E-state index contributed by atoms with van der Waals surface area (Å²) in [4.78, 5) is 53.7. The summed E-state index contributed by atoms with van der Waals surface area (Å²) in [6.45, 7) is -0.454. The van der Waals surface area contributed by atoms with Gasteiger partial charge in [0.2, 0.25) is 6.29 Å². The third-order valence-electron chi connectivity index (χ3n) is 8.00. The first-order chi connectivity index (χ1) is 25.0. The highest BCUT2D eigenvalue weighted by Gasteiger charge is 2.53. The Labute approximate surface area is 294 Å². The molecule has 0 radical (unpaired) electrons. The molecular weight excluding hydrogens is 652 g/mol. The average Bonchev–Trinajstić information content (AvgIpc) is 3.19. The van der Waals surface area contributed by atoms with Crippen LogP contribution in [0.15, 0.2) is 152 Å². The SMILES string of the molecule is O=C(OC[C@@H]1O[C@H](OC(=O)c2ccccc2)[C@H](OC(=O)c2ccccc2)[C@@H](OCc2ccccc2)[C@@H]1OC(=O)c1ccccc1)c1ccccc1. The van der Waals surface area contributed by atoms with Crippen molar-refractivity contribution < 1.29 is 47.6 Å². The molecule has 10 nitrogen and oxygen atoms in total. The van der Waals surface area contributed by atoms with Crippen molar-refractivity contribution in [3.05, 3.63) is 179 Å². The lowest BCUT2D eigenvalue weighted by Crippen LogP contribution is -2.63. The Morgan fingerprint density at radius 3 is 1.31 bits per heavy atom. The molecule has 0 aromatic heterocycles. The largest absolute Gasteiger partial charge is 0.459 e. The fourth-order valence-corrected chi connectivity index (χ4v) is 5.43. The predicted molar refractivity (Wildman–Crippen MR) is 184 cm³/mol. The molecule has 0 amide bonds. The smallest absolute Gasteiger partial charge is 0.340 e. The number of ether oxygens (including phenoxy) is 6. The van der Waals surface area contributed by atoms with Crippen LogP contribution in [0.1, 0.15) is 47.0 Å². The molecule has 0 saturated carbocycles. The van der Waals surface area contributed by atoms with Crippen molar-refractivity contribution >= 4 is 23.9 Å². The normalized spacial score (nSPS) is 19.6. The maximum Gasteiger partial charge on any atom is 0.340 e. The fourth-order valence-electron chi connectivity index (χ4n) is 5.43. The molecule has 1 saturated heterocycles. The highest BCUT2D eigenvalue weighted by atomic mass is 16.7. The first kappa shape index (κ1) is 34.8. The molecule has 1 aliphatic heterocycles. The third kappa shape index (κ3) is 9.13. The molecule has 10 heteroatoms. The summed E-state index contributed by atoms with van der Waals surface area (Å²) >= 11 is 0. The number of benzene rings is 5. The zero-order valence-electron chi connectivity index (χ0n) is 27.3. The highest BCUT2D eigenvalue weighted by Crippen LogP contribution is 2.32. The van der Waals surface area contributed by atoms with Crippen LogP contribution < -0.4 is 0 Å². The van der Waals surface area contributed by atoms with Gasteiger partial charge >= 0.3 is 23.9 Å². The maximum absolute atomic E-state index is 13.6. The molecule has 51 heavy (non-hydrogen) atoms. The van der Waals surface area contributed by atoms with E-state index in [2.05, 4.69) is 0 Å². The molecule has 1 fully saturated rings. The van der Waals surface area contributed by atoms with Crippen LogP contribution in [0.2, 0.25) is 0 Å². The molecule has 0 N–H and O–H groups in total. The van der Waals surface area contributed by atoms with E-state index in [9.17, 15) is 19.2 Å². The number of hydrogen-bond acceptors (Lipinski definition) is 10. The van der Waals surface area contributed by atoms with Gasteiger partial charge < -0.3 is 28.4 Å². The summed E-state index contributed by atoms with van der Waals surface area (Å²) in [7, 11) is 0. The van der Waals surface area contributed by atoms with Crippen LogP contribution >= 0.6 is 0 Å². The average molecular weight is 687 g/mol. The van der Waals surface area contributed by atoms with E-state index in [1.165, 1.54) is 0 Å². The molecule has 5 aromatic carbocycles. The number of esters is 4. The quantitative estimate of drug-likeness (QED) is 0.107. The van der Waals surface area contributed by atoms with E-state index < -0.39 is 61.2 Å². The highest BCUT2D eigenvalue weighted by molar-refractivity contribution is 5.91. The van der Waals surface area contributed by atoms with E-state index >= 15 is 0 Å². The van der Waals surface area contributed by atoms with Crippen molar-refractivity contribution in [2.24, 2.45) is 0 Å². The number of carbonyl (C=O) groups excluding carboxylic acids is 4. The van der Waals surface area contributed by atoms with Crippen molar-refractivity contribution in [3.8, 4) is 0 Å². The van der Waals surface area contributed by atoms with Crippen molar-refractivity contribution in [3.63, 3.8) is 0 Å². The minimum atomic E-state index is -1.58. The Bertz CT molecular complexity index is 1890. The summed E-state index contributed by atoms with van der Waals surface area (Å²) in [5.74, 6) is -2.93. The van der Waals surface area contributed by atoms with Gasteiger partial charge in [-0.05, 0) is 54.1 Å². The van der Waals surface area contributed by atoms with Crippen LogP contribution in [0.3, 0.4) is 0 Å². The Morgan fingerprint density at radius 1 is 0.451 bits per heavy atom. The second-order valence-electron chi connectivity index (χ2n) is 11.5. The van der Waals surface area contributed by atoms with Crippen molar-refractivity contribution in [2.45, 2.75) is 37.3 Å². The second-order valence-corrected chi connectivity index (χ2v) is 11.5. The van der Waals surface area contributed by atoms with Gasteiger partial charge in [-0.2, -0.15) is 0 Å². The van der Waals surface area contributed by atoms with E-state index in [-0.39, 0.29) is 28.9 Å². The lowest BCUT2D eigenvalue weighted by atomic mass is 9.97. The van der Waals surface area contributed by atoms with Crippen molar-refractivity contribution in [2.75, 3.05) is 6.61 Å². The van der Waals surface area contributed by atoms with Gasteiger partial charge in [0.15, 0.2) is 12.2 Å². The Balaban J connectivity index is 1.39. The van der Waals surface area contributed by atoms with E-state index in [0.29, 0.717) is 0 Å². The molecule has 0 spiro atoms. The first-order valence-electron chi connectivity index (χ1n) is 16.3. The molecule has 1 aliphatic rings. The van der Waals surface area contributed by atoms with Crippen LogP contribution in [-0.2, 0) is 35.0 Å². The lowest BCUT2D eigenvalue weighted by Gasteiger charge is -2.44. The van der Waals surface area contributed by atoms with E-state index in [1.54, 1.807) is 121 Å². The lowest BCUT2D eigenvalue weighted by molar-refractivity contribution is -0.292. The summed E-state index contributed by atoms with van der Waals surface area (Å²) in [6, 6.07) is 42.2. The van der Waals surface area contributed by atoms with Crippen LogP contribution in [-0.4, -0.2) is 61.2 Å². The van der Waals surface area contributed by atoms with Gasteiger partial charge in [0.1, 0.15) is 18.8 Å². The van der Waals surface area contributed by atoms with Gasteiger partial charge in [0, 0.05) is 0 Å². The molecule has 6 rings (SSSR count). The molecule has 0 bridgehead atoms. The van der Waals surface area contributed by atoms with Gasteiger partial charge in [0.05, 0.1) is 28.9 Å². The van der Waals surface area contributed by atoms with Gasteiger partial charge in [-0.15, -0.1) is 0 Å².